The Morgan fingerprint density at radius 1 is 1.00 bits per heavy atom. The van der Waals surface area contributed by atoms with Gasteiger partial charge >= 0.3 is 0 Å². The van der Waals surface area contributed by atoms with Crippen LogP contribution < -0.4 is 10.1 Å². The van der Waals surface area contributed by atoms with Crippen molar-refractivity contribution >= 4 is 46.4 Å². The van der Waals surface area contributed by atoms with E-state index in [0.717, 1.165) is 11.3 Å². The smallest absolute Gasteiger partial charge is 0.276 e. The van der Waals surface area contributed by atoms with Crippen molar-refractivity contribution < 1.29 is 9.53 Å². The Bertz CT molecular complexity index is 1320. The van der Waals surface area contributed by atoms with Gasteiger partial charge in [0.2, 0.25) is 0 Å². The fraction of sp³-hybridized carbons (Fsp3) is 0.174. The van der Waals surface area contributed by atoms with Crippen LogP contribution in [0.1, 0.15) is 27.4 Å². The van der Waals surface area contributed by atoms with Crippen LogP contribution in [0.15, 0.2) is 54.7 Å². The minimum atomic E-state index is -0.349. The van der Waals surface area contributed by atoms with Crippen molar-refractivity contribution in [3.05, 3.63) is 92.4 Å². The number of aromatic nitrogens is 4. The van der Waals surface area contributed by atoms with Crippen molar-refractivity contribution in [2.75, 3.05) is 5.32 Å². The molecule has 0 atom stereocenters. The van der Waals surface area contributed by atoms with Gasteiger partial charge in [0, 0.05) is 11.2 Å². The first-order valence-electron chi connectivity index (χ1n) is 10.0. The first-order chi connectivity index (χ1) is 15.8. The van der Waals surface area contributed by atoms with Crippen LogP contribution in [0, 0.1) is 13.8 Å². The van der Waals surface area contributed by atoms with E-state index < -0.39 is 0 Å². The average Bonchev–Trinajstić information content (AvgIpc) is 3.37. The second-order valence-corrected chi connectivity index (χ2v) is 8.51. The van der Waals surface area contributed by atoms with Crippen molar-refractivity contribution in [3.8, 4) is 5.75 Å². The molecule has 0 aliphatic carbocycles. The van der Waals surface area contributed by atoms with Gasteiger partial charge in [-0.25, -0.2) is 4.68 Å². The maximum absolute atomic E-state index is 12.8. The number of nitrogens with zero attached hydrogens (tertiary/aromatic N) is 4. The molecule has 10 heteroatoms. The standard InChI is InChI=1S/C23H20Cl3N5O2/c1-14-22(15(2)31(28-14)12-16-6-3-4-7-17(16)24)27-23(32)19-10-11-30(29-19)13-33-20-9-5-8-18(25)21(20)26/h3-11H,12-13H2,1-2H3,(H,27,32). The van der Waals surface area contributed by atoms with E-state index in [9.17, 15) is 4.79 Å². The lowest BCUT2D eigenvalue weighted by Gasteiger charge is -2.09. The van der Waals surface area contributed by atoms with Gasteiger partial charge < -0.3 is 10.1 Å². The molecule has 0 aliphatic rings. The van der Waals surface area contributed by atoms with Crippen molar-refractivity contribution in [3.63, 3.8) is 0 Å². The highest BCUT2D eigenvalue weighted by Crippen LogP contribution is 2.31. The Balaban J connectivity index is 1.44. The average molecular weight is 505 g/mol. The summed E-state index contributed by atoms with van der Waals surface area (Å²) in [5.41, 5.74) is 3.35. The Labute approximate surface area is 205 Å². The molecule has 0 unspecified atom stereocenters. The monoisotopic (exact) mass is 503 g/mol. The number of nitrogens with one attached hydrogen (secondary N) is 1. The molecule has 7 nitrogen and oxygen atoms in total. The summed E-state index contributed by atoms with van der Waals surface area (Å²) in [6, 6.07) is 14.3. The number of halogens is 3. The number of ether oxygens (including phenoxy) is 1. The van der Waals surface area contributed by atoms with Crippen LogP contribution >= 0.6 is 34.8 Å². The molecule has 0 saturated carbocycles. The summed E-state index contributed by atoms with van der Waals surface area (Å²) in [5, 5.41) is 13.1. The zero-order valence-corrected chi connectivity index (χ0v) is 20.1. The molecule has 0 fully saturated rings. The fourth-order valence-corrected chi connectivity index (χ4v) is 3.83. The highest BCUT2D eigenvalue weighted by molar-refractivity contribution is 6.42. The van der Waals surface area contributed by atoms with E-state index in [-0.39, 0.29) is 18.3 Å². The van der Waals surface area contributed by atoms with Crippen molar-refractivity contribution in [1.29, 1.82) is 0 Å². The summed E-state index contributed by atoms with van der Waals surface area (Å²) < 4.78 is 8.96. The molecule has 0 bridgehead atoms. The number of anilines is 1. The second kappa shape index (κ2) is 9.87. The SMILES string of the molecule is Cc1nn(Cc2ccccc2Cl)c(C)c1NC(=O)c1ccn(COc2cccc(Cl)c2Cl)n1. The summed E-state index contributed by atoms with van der Waals surface area (Å²) in [6.45, 7) is 4.31. The number of carbonyl (C=O) groups excluding carboxylic acids is 1. The number of hydrogen-bond acceptors (Lipinski definition) is 4. The molecule has 2 heterocycles. The van der Waals surface area contributed by atoms with E-state index >= 15 is 0 Å². The van der Waals surface area contributed by atoms with Crippen molar-refractivity contribution in [1.82, 2.24) is 19.6 Å². The summed E-state index contributed by atoms with van der Waals surface area (Å²) in [5.74, 6) is 0.0842. The number of rotatable bonds is 7. The molecule has 1 N–H and O–H groups in total. The zero-order chi connectivity index (χ0) is 23.5. The minimum absolute atomic E-state index is 0.0706. The third kappa shape index (κ3) is 5.16. The molecule has 170 valence electrons. The number of benzene rings is 2. The van der Waals surface area contributed by atoms with Crippen LogP contribution in [0.25, 0.3) is 0 Å². The maximum atomic E-state index is 12.8. The number of hydrogen-bond donors (Lipinski definition) is 1. The maximum Gasteiger partial charge on any atom is 0.276 e. The molecule has 4 aromatic rings. The Hall–Kier alpha value is -3.00. The third-order valence-electron chi connectivity index (χ3n) is 5.04. The fourth-order valence-electron chi connectivity index (χ4n) is 3.28. The van der Waals surface area contributed by atoms with Gasteiger partial charge in [0.25, 0.3) is 5.91 Å². The largest absolute Gasteiger partial charge is 0.470 e. The zero-order valence-electron chi connectivity index (χ0n) is 17.8. The van der Waals surface area contributed by atoms with Gasteiger partial charge in [-0.3, -0.25) is 9.48 Å². The lowest BCUT2D eigenvalue weighted by Crippen LogP contribution is -2.15. The molecular weight excluding hydrogens is 485 g/mol. The predicted molar refractivity (Wildman–Crippen MR) is 130 cm³/mol. The number of carbonyl (C=O) groups is 1. The van der Waals surface area contributed by atoms with E-state index in [1.807, 2.05) is 42.8 Å². The van der Waals surface area contributed by atoms with Crippen molar-refractivity contribution in [2.24, 2.45) is 0 Å². The van der Waals surface area contributed by atoms with Crippen molar-refractivity contribution in [2.45, 2.75) is 27.1 Å². The van der Waals surface area contributed by atoms with E-state index in [4.69, 9.17) is 39.5 Å². The van der Waals surface area contributed by atoms with Crippen LogP contribution in [0.5, 0.6) is 5.75 Å². The van der Waals surface area contributed by atoms with Crippen LogP contribution in [0.2, 0.25) is 15.1 Å². The highest BCUT2D eigenvalue weighted by atomic mass is 35.5. The summed E-state index contributed by atoms with van der Waals surface area (Å²) in [4.78, 5) is 12.8. The van der Waals surface area contributed by atoms with E-state index in [0.29, 0.717) is 38.7 Å². The van der Waals surface area contributed by atoms with Gasteiger partial charge in [-0.1, -0.05) is 59.1 Å². The van der Waals surface area contributed by atoms with Gasteiger partial charge in [0.05, 0.1) is 28.6 Å². The van der Waals surface area contributed by atoms with Gasteiger partial charge in [0.1, 0.15) is 10.8 Å². The van der Waals surface area contributed by atoms with Gasteiger partial charge in [-0.05, 0) is 43.7 Å². The van der Waals surface area contributed by atoms with E-state index in [1.165, 1.54) is 4.68 Å². The van der Waals surface area contributed by atoms with Crippen LogP contribution in [0.3, 0.4) is 0 Å². The highest BCUT2D eigenvalue weighted by Gasteiger charge is 2.18. The summed E-state index contributed by atoms with van der Waals surface area (Å²) >= 11 is 18.4. The van der Waals surface area contributed by atoms with Gasteiger partial charge in [0.15, 0.2) is 12.4 Å². The van der Waals surface area contributed by atoms with Gasteiger partial charge in [-0.2, -0.15) is 10.2 Å². The normalized spacial score (nSPS) is 10.9. The molecular formula is C23H20Cl3N5O2. The number of amides is 1. The lowest BCUT2D eigenvalue weighted by molar-refractivity contribution is 0.102. The molecule has 0 saturated heterocycles. The Kier molecular flexibility index (Phi) is 6.93. The lowest BCUT2D eigenvalue weighted by atomic mass is 10.2. The minimum Gasteiger partial charge on any atom is -0.470 e. The second-order valence-electron chi connectivity index (χ2n) is 7.31. The first-order valence-corrected chi connectivity index (χ1v) is 11.2. The molecule has 2 aromatic carbocycles. The van der Waals surface area contributed by atoms with Crippen LogP contribution in [0.4, 0.5) is 5.69 Å². The summed E-state index contributed by atoms with van der Waals surface area (Å²) in [7, 11) is 0. The predicted octanol–water partition coefficient (Wildman–Crippen LogP) is 5.99. The summed E-state index contributed by atoms with van der Waals surface area (Å²) in [6.07, 6.45) is 1.65. The van der Waals surface area contributed by atoms with E-state index in [2.05, 4.69) is 15.5 Å². The molecule has 33 heavy (non-hydrogen) atoms. The van der Waals surface area contributed by atoms with Gasteiger partial charge in [-0.15, -0.1) is 0 Å². The third-order valence-corrected chi connectivity index (χ3v) is 6.21. The Morgan fingerprint density at radius 3 is 2.55 bits per heavy atom. The molecule has 0 radical (unpaired) electrons. The molecule has 0 spiro atoms. The first kappa shape index (κ1) is 23.2. The molecule has 4 rings (SSSR count). The van der Waals surface area contributed by atoms with E-state index in [1.54, 1.807) is 30.5 Å². The van der Waals surface area contributed by atoms with Crippen LogP contribution in [-0.4, -0.2) is 25.5 Å². The topological polar surface area (TPSA) is 74.0 Å². The molecule has 2 aromatic heterocycles. The van der Waals surface area contributed by atoms with Crippen LogP contribution in [-0.2, 0) is 13.3 Å². The number of aryl methyl sites for hydroxylation is 1. The quantitative estimate of drug-likeness (QED) is 0.335. The molecule has 0 aliphatic heterocycles. The Morgan fingerprint density at radius 2 is 1.76 bits per heavy atom. The molecule has 1 amide bonds.